The van der Waals surface area contributed by atoms with E-state index in [-0.39, 0.29) is 17.9 Å². The molecule has 8 heteroatoms. The van der Waals surface area contributed by atoms with Crippen LogP contribution in [0.5, 0.6) is 11.5 Å². The zero-order valence-corrected chi connectivity index (χ0v) is 19.1. The molecule has 0 aromatic heterocycles. The lowest BCUT2D eigenvalue weighted by atomic mass is 9.78. The Balaban J connectivity index is 1.60. The maximum Gasteiger partial charge on any atom is 0.250 e. The van der Waals surface area contributed by atoms with Gasteiger partial charge >= 0.3 is 0 Å². The summed E-state index contributed by atoms with van der Waals surface area (Å²) in [4.78, 5) is 29.6. The molecule has 2 N–H and O–H groups in total. The molecule has 2 aromatic carbocycles. The predicted octanol–water partition coefficient (Wildman–Crippen LogP) is 3.94. The molecular formula is C24H26ClN3O4. The quantitative estimate of drug-likeness (QED) is 0.730. The number of methoxy groups -OCH3 is 2. The lowest BCUT2D eigenvalue weighted by Crippen LogP contribution is -2.53. The molecule has 32 heavy (non-hydrogen) atoms. The summed E-state index contributed by atoms with van der Waals surface area (Å²) in [6.07, 6.45) is 2.58. The van der Waals surface area contributed by atoms with Crippen molar-refractivity contribution in [3.05, 3.63) is 46.5 Å². The molecule has 0 saturated carbocycles. The minimum atomic E-state index is -1.07. The van der Waals surface area contributed by atoms with E-state index in [0.29, 0.717) is 28.6 Å². The van der Waals surface area contributed by atoms with E-state index in [1.165, 1.54) is 0 Å². The Bertz CT molecular complexity index is 1120. The highest BCUT2D eigenvalue weighted by Crippen LogP contribution is 2.56. The van der Waals surface area contributed by atoms with E-state index in [4.69, 9.17) is 21.1 Å². The molecule has 3 aliphatic rings. The van der Waals surface area contributed by atoms with Crippen molar-refractivity contribution in [1.82, 2.24) is 4.90 Å². The largest absolute Gasteiger partial charge is 0.497 e. The standard InChI is InChI=1S/C24H26ClN3O4/c1-13-9-14(25)10-17-21(13)27-23(30)24(17)18(11-15-5-4-8-28(15)24)22(29)26-19-12-16(31-2)6-7-20(19)32-3/h6-7,9-10,12,15,18H,4-5,8,11H2,1-3H3,(H,26,29)(H,27,30)/t15-,18+,24+/m1/s1. The highest BCUT2D eigenvalue weighted by Gasteiger charge is 2.65. The van der Waals surface area contributed by atoms with Gasteiger partial charge in [0, 0.05) is 28.4 Å². The van der Waals surface area contributed by atoms with E-state index >= 15 is 0 Å². The smallest absolute Gasteiger partial charge is 0.250 e. The number of hydrogen-bond donors (Lipinski definition) is 2. The number of carbonyl (C=O) groups excluding carboxylic acids is 2. The van der Waals surface area contributed by atoms with Gasteiger partial charge in [-0.05, 0) is 62.6 Å². The molecule has 0 aliphatic carbocycles. The third kappa shape index (κ3) is 2.91. The van der Waals surface area contributed by atoms with E-state index in [9.17, 15) is 9.59 Å². The van der Waals surface area contributed by atoms with Crippen LogP contribution in [0.15, 0.2) is 30.3 Å². The molecule has 2 amide bonds. The van der Waals surface area contributed by atoms with Crippen LogP contribution in [0.25, 0.3) is 0 Å². The third-order valence-corrected chi connectivity index (χ3v) is 7.34. The minimum absolute atomic E-state index is 0.153. The summed E-state index contributed by atoms with van der Waals surface area (Å²) < 4.78 is 10.7. The molecule has 0 radical (unpaired) electrons. The van der Waals surface area contributed by atoms with Crippen molar-refractivity contribution >= 4 is 34.8 Å². The minimum Gasteiger partial charge on any atom is -0.497 e. The first-order valence-electron chi connectivity index (χ1n) is 10.8. The molecule has 3 heterocycles. The van der Waals surface area contributed by atoms with Gasteiger partial charge in [0.15, 0.2) is 0 Å². The number of halogens is 1. The summed E-state index contributed by atoms with van der Waals surface area (Å²) in [5.41, 5.74) is 1.91. The first-order chi connectivity index (χ1) is 15.4. The van der Waals surface area contributed by atoms with Crippen LogP contribution < -0.4 is 20.1 Å². The van der Waals surface area contributed by atoms with Gasteiger partial charge in [-0.15, -0.1) is 0 Å². The first-order valence-corrected chi connectivity index (χ1v) is 11.2. The fourth-order valence-electron chi connectivity index (χ4n) is 5.79. The maximum absolute atomic E-state index is 13.8. The number of nitrogens with zero attached hydrogens (tertiary/aromatic N) is 1. The predicted molar refractivity (Wildman–Crippen MR) is 123 cm³/mol. The van der Waals surface area contributed by atoms with Gasteiger partial charge in [-0.25, -0.2) is 0 Å². The SMILES string of the molecule is COc1ccc(OC)c(NC(=O)[C@@H]2C[C@H]3CCCN3[C@]23C(=O)Nc2c(C)cc(Cl)cc23)c1. The van der Waals surface area contributed by atoms with E-state index in [1.807, 2.05) is 19.1 Å². The van der Waals surface area contributed by atoms with Crippen molar-refractivity contribution in [3.63, 3.8) is 0 Å². The van der Waals surface area contributed by atoms with Gasteiger partial charge in [-0.1, -0.05) is 11.6 Å². The Hall–Kier alpha value is -2.77. The monoisotopic (exact) mass is 455 g/mol. The second kappa shape index (κ2) is 7.67. The zero-order chi connectivity index (χ0) is 22.6. The maximum atomic E-state index is 13.8. The lowest BCUT2D eigenvalue weighted by Gasteiger charge is -2.36. The van der Waals surface area contributed by atoms with Gasteiger partial charge in [0.2, 0.25) is 11.8 Å². The Morgan fingerprint density at radius 1 is 1.25 bits per heavy atom. The number of anilines is 2. The molecule has 5 rings (SSSR count). The number of amides is 2. The number of hydrogen-bond acceptors (Lipinski definition) is 5. The zero-order valence-electron chi connectivity index (χ0n) is 18.3. The van der Waals surface area contributed by atoms with Crippen molar-refractivity contribution in [2.75, 3.05) is 31.4 Å². The summed E-state index contributed by atoms with van der Waals surface area (Å²) >= 11 is 6.42. The van der Waals surface area contributed by atoms with Crippen LogP contribution >= 0.6 is 11.6 Å². The highest BCUT2D eigenvalue weighted by molar-refractivity contribution is 6.31. The van der Waals surface area contributed by atoms with Crippen LogP contribution in [0.2, 0.25) is 5.02 Å². The Labute approximate surface area is 192 Å². The summed E-state index contributed by atoms with van der Waals surface area (Å²) in [6.45, 7) is 2.70. The van der Waals surface area contributed by atoms with E-state index in [1.54, 1.807) is 32.4 Å². The van der Waals surface area contributed by atoms with Crippen molar-refractivity contribution in [2.45, 2.75) is 37.8 Å². The Morgan fingerprint density at radius 3 is 2.81 bits per heavy atom. The molecule has 1 spiro atoms. The van der Waals surface area contributed by atoms with Gasteiger partial charge in [-0.2, -0.15) is 0 Å². The van der Waals surface area contributed by atoms with E-state index in [0.717, 1.165) is 36.2 Å². The topological polar surface area (TPSA) is 79.9 Å². The fraction of sp³-hybridized carbons (Fsp3) is 0.417. The molecule has 7 nitrogen and oxygen atoms in total. The van der Waals surface area contributed by atoms with Crippen LogP contribution in [0.1, 0.15) is 30.4 Å². The van der Waals surface area contributed by atoms with Gasteiger partial charge in [0.25, 0.3) is 0 Å². The van der Waals surface area contributed by atoms with Crippen LogP contribution in [-0.2, 0) is 15.1 Å². The molecule has 2 saturated heterocycles. The van der Waals surface area contributed by atoms with Gasteiger partial charge in [0.05, 0.1) is 25.8 Å². The van der Waals surface area contributed by atoms with E-state index < -0.39 is 11.5 Å². The number of fused-ring (bicyclic) bond motifs is 4. The number of ether oxygens (including phenoxy) is 2. The van der Waals surface area contributed by atoms with Gasteiger partial charge in [-0.3, -0.25) is 14.5 Å². The van der Waals surface area contributed by atoms with Crippen LogP contribution in [0.4, 0.5) is 11.4 Å². The number of carbonyl (C=O) groups is 2. The molecule has 3 atom stereocenters. The summed E-state index contributed by atoms with van der Waals surface area (Å²) in [6, 6.07) is 9.10. The summed E-state index contributed by atoms with van der Waals surface area (Å²) in [7, 11) is 3.12. The average Bonchev–Trinajstić information content (AvgIpc) is 3.43. The second-order valence-electron chi connectivity index (χ2n) is 8.70. The normalized spacial score (nSPS) is 26.1. The van der Waals surface area contributed by atoms with Crippen molar-refractivity contribution in [1.29, 1.82) is 0 Å². The molecule has 0 unspecified atom stereocenters. The first kappa shape index (κ1) is 21.1. The Kier molecular flexibility index (Phi) is 5.06. The average molecular weight is 456 g/mol. The number of rotatable bonds is 4. The summed E-state index contributed by atoms with van der Waals surface area (Å²) in [5, 5.41) is 6.64. The summed E-state index contributed by atoms with van der Waals surface area (Å²) in [5.74, 6) is 0.200. The molecule has 3 aliphatic heterocycles. The molecule has 2 aromatic rings. The number of benzene rings is 2. The Morgan fingerprint density at radius 2 is 2.06 bits per heavy atom. The van der Waals surface area contributed by atoms with Crippen molar-refractivity contribution in [3.8, 4) is 11.5 Å². The molecule has 0 bridgehead atoms. The van der Waals surface area contributed by atoms with E-state index in [2.05, 4.69) is 15.5 Å². The lowest BCUT2D eigenvalue weighted by molar-refractivity contribution is -0.135. The number of aryl methyl sites for hydroxylation is 1. The van der Waals surface area contributed by atoms with Gasteiger partial charge in [0.1, 0.15) is 17.0 Å². The third-order valence-electron chi connectivity index (χ3n) is 7.12. The fourth-order valence-corrected chi connectivity index (χ4v) is 6.06. The second-order valence-corrected chi connectivity index (χ2v) is 9.14. The van der Waals surface area contributed by atoms with Crippen LogP contribution in [0, 0.1) is 12.8 Å². The molecular weight excluding hydrogens is 430 g/mol. The molecule has 2 fully saturated rings. The highest BCUT2D eigenvalue weighted by atomic mass is 35.5. The molecule has 168 valence electrons. The van der Waals surface area contributed by atoms with Crippen LogP contribution in [0.3, 0.4) is 0 Å². The van der Waals surface area contributed by atoms with Crippen molar-refractivity contribution in [2.24, 2.45) is 5.92 Å². The number of nitrogens with one attached hydrogen (secondary N) is 2. The van der Waals surface area contributed by atoms with Crippen molar-refractivity contribution < 1.29 is 19.1 Å². The van der Waals surface area contributed by atoms with Crippen LogP contribution in [-0.4, -0.2) is 43.5 Å². The van der Waals surface area contributed by atoms with Gasteiger partial charge < -0.3 is 20.1 Å².